The highest BCUT2D eigenvalue weighted by molar-refractivity contribution is 9.18. The molecule has 1 amide bonds. The zero-order chi connectivity index (χ0) is 12.3. The average Bonchev–Trinajstić information content (AvgIpc) is 2.20. The fraction of sp³-hybridized carbons (Fsp3) is 0.462. The molecule has 1 aromatic carbocycles. The van der Waals surface area contributed by atoms with Crippen molar-refractivity contribution in [2.75, 3.05) is 13.6 Å². The summed E-state index contributed by atoms with van der Waals surface area (Å²) in [6.45, 7) is 7.11. The Morgan fingerprint density at radius 3 is 2.31 bits per heavy atom. The molecule has 0 atom stereocenters. The molecule has 0 fully saturated rings. The molecule has 0 bridgehead atoms. The zero-order valence-electron chi connectivity index (χ0n) is 10.3. The molecule has 1 aromatic rings. The van der Waals surface area contributed by atoms with Crippen LogP contribution < -0.4 is 0 Å². The van der Waals surface area contributed by atoms with Crippen LogP contribution in [0.3, 0.4) is 0 Å². The second-order valence-corrected chi connectivity index (χ2v) is 4.97. The Bertz CT molecular complexity index is 401. The molecule has 16 heavy (non-hydrogen) atoms. The van der Waals surface area contributed by atoms with E-state index >= 15 is 0 Å². The Morgan fingerprint density at radius 2 is 1.75 bits per heavy atom. The first-order valence-electron chi connectivity index (χ1n) is 5.39. The molecule has 0 radical (unpaired) electrons. The van der Waals surface area contributed by atoms with Crippen LogP contribution in [-0.4, -0.2) is 23.3 Å². The molecular formula is C13H18BrNO. The minimum Gasteiger partial charge on any atom is -0.336 e. The van der Waals surface area contributed by atoms with E-state index in [4.69, 9.17) is 0 Å². The maximum absolute atomic E-state index is 11.0. The Morgan fingerprint density at radius 1 is 1.19 bits per heavy atom. The van der Waals surface area contributed by atoms with Gasteiger partial charge in [-0.1, -0.05) is 12.1 Å². The first-order valence-corrected chi connectivity index (χ1v) is 6.18. The van der Waals surface area contributed by atoms with E-state index in [1.807, 2.05) is 0 Å². The summed E-state index contributed by atoms with van der Waals surface area (Å²) in [7, 11) is 1.80. The maximum Gasteiger partial charge on any atom is 0.289 e. The van der Waals surface area contributed by atoms with Crippen LogP contribution in [-0.2, 0) is 6.42 Å². The standard InChI is InChI=1S/C13H18BrNO/c1-9-7-11(3)12(8-10(9)2)5-6-15(4)13(14)16/h7-8H,5-6H2,1-4H3. The van der Waals surface area contributed by atoms with Crippen molar-refractivity contribution in [3.8, 4) is 0 Å². The van der Waals surface area contributed by atoms with Crippen LogP contribution in [0.4, 0.5) is 4.79 Å². The van der Waals surface area contributed by atoms with Gasteiger partial charge in [0.1, 0.15) is 0 Å². The minimum atomic E-state index is -0.0611. The van der Waals surface area contributed by atoms with E-state index in [0.717, 1.165) is 13.0 Å². The maximum atomic E-state index is 11.0. The fourth-order valence-corrected chi connectivity index (χ4v) is 1.84. The Balaban J connectivity index is 2.74. The number of benzene rings is 1. The Hall–Kier alpha value is -0.830. The van der Waals surface area contributed by atoms with Gasteiger partial charge < -0.3 is 4.90 Å². The number of halogens is 1. The molecule has 0 aliphatic carbocycles. The summed E-state index contributed by atoms with van der Waals surface area (Å²) in [6, 6.07) is 4.43. The van der Waals surface area contributed by atoms with E-state index in [2.05, 4.69) is 48.8 Å². The second-order valence-electron chi connectivity index (χ2n) is 4.29. The molecule has 3 heteroatoms. The Labute approximate surface area is 106 Å². The van der Waals surface area contributed by atoms with Gasteiger partial charge in [-0.2, -0.15) is 0 Å². The van der Waals surface area contributed by atoms with Gasteiger partial charge >= 0.3 is 0 Å². The molecule has 1 rings (SSSR count). The zero-order valence-corrected chi connectivity index (χ0v) is 11.9. The van der Waals surface area contributed by atoms with Gasteiger partial charge in [0, 0.05) is 29.5 Å². The van der Waals surface area contributed by atoms with Crippen LogP contribution in [0.1, 0.15) is 22.3 Å². The molecule has 0 aliphatic rings. The third-order valence-corrected chi connectivity index (χ3v) is 3.57. The lowest BCUT2D eigenvalue weighted by molar-refractivity contribution is 0.235. The van der Waals surface area contributed by atoms with Crippen LogP contribution in [0, 0.1) is 20.8 Å². The third kappa shape index (κ3) is 3.34. The number of carbonyl (C=O) groups excluding carboxylic acids is 1. The van der Waals surface area contributed by atoms with Crippen molar-refractivity contribution in [1.82, 2.24) is 4.90 Å². The molecule has 0 saturated carbocycles. The lowest BCUT2D eigenvalue weighted by Gasteiger charge is -2.15. The van der Waals surface area contributed by atoms with Gasteiger partial charge in [-0.25, -0.2) is 0 Å². The predicted molar refractivity (Wildman–Crippen MR) is 71.3 cm³/mol. The van der Waals surface area contributed by atoms with E-state index in [0.29, 0.717) is 0 Å². The molecule has 88 valence electrons. The van der Waals surface area contributed by atoms with E-state index in [9.17, 15) is 4.79 Å². The summed E-state index contributed by atoms with van der Waals surface area (Å²) in [5, 5.41) is 0. The number of amides is 1. The van der Waals surface area contributed by atoms with Crippen LogP contribution >= 0.6 is 15.9 Å². The number of aryl methyl sites for hydroxylation is 3. The van der Waals surface area contributed by atoms with Gasteiger partial charge in [0.2, 0.25) is 0 Å². The number of hydrogen-bond acceptors (Lipinski definition) is 1. The number of nitrogens with zero attached hydrogens (tertiary/aromatic N) is 1. The van der Waals surface area contributed by atoms with Crippen LogP contribution in [0.5, 0.6) is 0 Å². The molecular weight excluding hydrogens is 266 g/mol. The van der Waals surface area contributed by atoms with Crippen molar-refractivity contribution in [3.05, 3.63) is 34.4 Å². The average molecular weight is 284 g/mol. The Kier molecular flexibility index (Phi) is 4.54. The van der Waals surface area contributed by atoms with E-state index in [1.165, 1.54) is 22.3 Å². The number of carbonyl (C=O) groups is 1. The fourth-order valence-electron chi connectivity index (χ4n) is 1.67. The van der Waals surface area contributed by atoms with Crippen LogP contribution in [0.25, 0.3) is 0 Å². The second kappa shape index (κ2) is 5.48. The van der Waals surface area contributed by atoms with E-state index in [1.54, 1.807) is 11.9 Å². The van der Waals surface area contributed by atoms with Crippen LogP contribution in [0.2, 0.25) is 0 Å². The van der Waals surface area contributed by atoms with Crippen molar-refractivity contribution < 1.29 is 4.79 Å². The van der Waals surface area contributed by atoms with Crippen molar-refractivity contribution in [1.29, 1.82) is 0 Å². The number of rotatable bonds is 3. The van der Waals surface area contributed by atoms with Gasteiger partial charge in [-0.15, -0.1) is 0 Å². The highest BCUT2D eigenvalue weighted by atomic mass is 79.9. The summed E-state index contributed by atoms with van der Waals surface area (Å²) in [5.74, 6) is 0. The van der Waals surface area contributed by atoms with Crippen LogP contribution in [0.15, 0.2) is 12.1 Å². The summed E-state index contributed by atoms with van der Waals surface area (Å²) in [5.41, 5.74) is 5.27. The van der Waals surface area contributed by atoms with Crippen molar-refractivity contribution >= 4 is 20.7 Å². The summed E-state index contributed by atoms with van der Waals surface area (Å²) >= 11 is 2.94. The normalized spacial score (nSPS) is 10.3. The van der Waals surface area contributed by atoms with E-state index < -0.39 is 0 Å². The van der Waals surface area contributed by atoms with E-state index in [-0.39, 0.29) is 4.82 Å². The SMILES string of the molecule is Cc1cc(C)c(CCN(C)C(=O)Br)cc1C. The molecule has 0 unspecified atom stereocenters. The minimum absolute atomic E-state index is 0.0611. The van der Waals surface area contributed by atoms with Gasteiger partial charge in [0.25, 0.3) is 4.82 Å². The van der Waals surface area contributed by atoms with Crippen molar-refractivity contribution in [2.24, 2.45) is 0 Å². The quantitative estimate of drug-likeness (QED) is 0.613. The molecule has 0 aliphatic heterocycles. The largest absolute Gasteiger partial charge is 0.336 e. The number of hydrogen-bond donors (Lipinski definition) is 0. The first kappa shape index (κ1) is 13.2. The van der Waals surface area contributed by atoms with Gasteiger partial charge in [0.05, 0.1) is 0 Å². The summed E-state index contributed by atoms with van der Waals surface area (Å²) in [6.07, 6.45) is 0.904. The van der Waals surface area contributed by atoms with Crippen molar-refractivity contribution in [2.45, 2.75) is 27.2 Å². The highest BCUT2D eigenvalue weighted by Crippen LogP contribution is 2.16. The monoisotopic (exact) mass is 283 g/mol. The molecule has 2 nitrogen and oxygen atoms in total. The van der Waals surface area contributed by atoms with Gasteiger partial charge in [-0.05, 0) is 49.4 Å². The van der Waals surface area contributed by atoms with Gasteiger partial charge in [-0.3, -0.25) is 4.79 Å². The third-order valence-electron chi connectivity index (χ3n) is 2.97. The highest BCUT2D eigenvalue weighted by Gasteiger charge is 2.06. The smallest absolute Gasteiger partial charge is 0.289 e. The molecule has 0 spiro atoms. The molecule has 0 heterocycles. The lowest BCUT2D eigenvalue weighted by Crippen LogP contribution is -2.23. The molecule has 0 aromatic heterocycles. The topological polar surface area (TPSA) is 20.3 Å². The summed E-state index contributed by atoms with van der Waals surface area (Å²) in [4.78, 5) is 12.6. The number of likely N-dealkylation sites (N-methyl/N-ethyl adjacent to an activating group) is 1. The molecule has 0 N–H and O–H groups in total. The van der Waals surface area contributed by atoms with Crippen molar-refractivity contribution in [3.63, 3.8) is 0 Å². The summed E-state index contributed by atoms with van der Waals surface area (Å²) < 4.78 is 0. The molecule has 0 saturated heterocycles. The lowest BCUT2D eigenvalue weighted by atomic mass is 9.99. The van der Waals surface area contributed by atoms with Gasteiger partial charge in [0.15, 0.2) is 0 Å². The first-order chi connectivity index (χ1) is 7.41. The predicted octanol–water partition coefficient (Wildman–Crippen LogP) is 3.60.